The van der Waals surface area contributed by atoms with Gasteiger partial charge in [-0.15, -0.1) is 5.10 Å². The summed E-state index contributed by atoms with van der Waals surface area (Å²) in [6, 6.07) is 0. The molecule has 0 radical (unpaired) electrons. The number of allylic oxidation sites excluding steroid dienone is 4. The van der Waals surface area contributed by atoms with Crippen LogP contribution < -0.4 is 5.32 Å². The number of tetrazole rings is 1. The van der Waals surface area contributed by atoms with E-state index in [1.165, 1.54) is 6.33 Å². The molecule has 0 fully saturated rings. The Kier molecular flexibility index (Phi) is 3.99. The predicted octanol–water partition coefficient (Wildman–Crippen LogP) is 0.373. The standard InChI is InChI=1S/C6H7N.CH2N4/c1-2-4-6-7-5-3-1;1-2-4-5-3-1/h1-7H;1H,(H,2,3,4,5). The lowest BCUT2D eigenvalue weighted by Crippen LogP contribution is -1.87. The molecule has 0 saturated carbocycles. The van der Waals surface area contributed by atoms with E-state index in [0.717, 1.165) is 0 Å². The van der Waals surface area contributed by atoms with Crippen LogP contribution in [-0.2, 0) is 0 Å². The second-order valence-electron chi connectivity index (χ2n) is 1.83. The zero-order valence-corrected chi connectivity index (χ0v) is 6.38. The maximum absolute atomic E-state index is 3.31. The third-order valence-electron chi connectivity index (χ3n) is 0.988. The Morgan fingerprint density at radius 3 is 2.08 bits per heavy atom. The normalized spacial score (nSPS) is 12.7. The van der Waals surface area contributed by atoms with E-state index in [4.69, 9.17) is 0 Å². The first kappa shape index (κ1) is 8.19. The fraction of sp³-hybridized carbons (Fsp3) is 0. The maximum atomic E-state index is 3.31. The molecule has 2 rings (SSSR count). The summed E-state index contributed by atoms with van der Waals surface area (Å²) >= 11 is 0. The molecule has 0 unspecified atom stereocenters. The molecule has 0 bridgehead atoms. The van der Waals surface area contributed by atoms with Crippen LogP contribution in [0, 0.1) is 0 Å². The molecule has 0 aliphatic carbocycles. The van der Waals surface area contributed by atoms with Crippen LogP contribution in [0.2, 0.25) is 0 Å². The molecule has 0 amide bonds. The molecule has 5 nitrogen and oxygen atoms in total. The van der Waals surface area contributed by atoms with Gasteiger partial charge in [-0.05, 0) is 22.6 Å². The maximum Gasteiger partial charge on any atom is 0.135 e. The van der Waals surface area contributed by atoms with Gasteiger partial charge < -0.3 is 5.32 Å². The molecule has 1 aromatic heterocycles. The van der Waals surface area contributed by atoms with Gasteiger partial charge in [-0.2, -0.15) is 0 Å². The van der Waals surface area contributed by atoms with Gasteiger partial charge in [0.05, 0.1) is 0 Å². The number of nitrogens with zero attached hydrogens (tertiary/aromatic N) is 3. The lowest BCUT2D eigenvalue weighted by atomic mass is 10.5. The van der Waals surface area contributed by atoms with Crippen LogP contribution in [0.4, 0.5) is 0 Å². The van der Waals surface area contributed by atoms with Crippen molar-refractivity contribution in [2.24, 2.45) is 0 Å². The summed E-state index contributed by atoms with van der Waals surface area (Å²) in [6.07, 6.45) is 13.0. The zero-order valence-electron chi connectivity index (χ0n) is 6.38. The largest absolute Gasteiger partial charge is 0.368 e. The van der Waals surface area contributed by atoms with Crippen molar-refractivity contribution in [1.29, 1.82) is 0 Å². The van der Waals surface area contributed by atoms with Crippen molar-refractivity contribution in [3.63, 3.8) is 0 Å². The van der Waals surface area contributed by atoms with Crippen molar-refractivity contribution in [1.82, 2.24) is 25.9 Å². The second-order valence-corrected chi connectivity index (χ2v) is 1.83. The summed E-state index contributed by atoms with van der Waals surface area (Å²) in [5.41, 5.74) is 0. The van der Waals surface area contributed by atoms with Crippen LogP contribution in [0.15, 0.2) is 43.0 Å². The molecule has 2 heterocycles. The summed E-state index contributed by atoms with van der Waals surface area (Å²) in [6.45, 7) is 0. The molecule has 12 heavy (non-hydrogen) atoms. The van der Waals surface area contributed by atoms with Gasteiger partial charge in [0, 0.05) is 12.4 Å². The fourth-order valence-corrected chi connectivity index (χ4v) is 0.535. The van der Waals surface area contributed by atoms with Crippen molar-refractivity contribution in [2.75, 3.05) is 0 Å². The Hall–Kier alpha value is -1.91. The van der Waals surface area contributed by atoms with Gasteiger partial charge in [0.25, 0.3) is 0 Å². The Morgan fingerprint density at radius 2 is 1.67 bits per heavy atom. The minimum atomic E-state index is 1.40. The first-order valence-corrected chi connectivity index (χ1v) is 3.41. The quantitative estimate of drug-likeness (QED) is 0.580. The average molecular weight is 163 g/mol. The highest BCUT2D eigenvalue weighted by atomic mass is 15.5. The number of aromatic nitrogens is 4. The molecule has 1 aliphatic rings. The van der Waals surface area contributed by atoms with E-state index < -0.39 is 0 Å². The van der Waals surface area contributed by atoms with E-state index in [1.807, 2.05) is 36.7 Å². The van der Waals surface area contributed by atoms with E-state index in [2.05, 4.69) is 25.9 Å². The van der Waals surface area contributed by atoms with Crippen LogP contribution in [-0.4, -0.2) is 20.6 Å². The molecule has 5 heteroatoms. The van der Waals surface area contributed by atoms with Crippen molar-refractivity contribution >= 4 is 0 Å². The van der Waals surface area contributed by atoms with Crippen LogP contribution in [0.5, 0.6) is 0 Å². The fourth-order valence-electron chi connectivity index (χ4n) is 0.535. The smallest absolute Gasteiger partial charge is 0.135 e. The van der Waals surface area contributed by atoms with E-state index in [9.17, 15) is 0 Å². The van der Waals surface area contributed by atoms with Gasteiger partial charge in [0.15, 0.2) is 0 Å². The lowest BCUT2D eigenvalue weighted by molar-refractivity contribution is 0.881. The number of H-pyrrole nitrogens is 1. The number of rotatable bonds is 0. The van der Waals surface area contributed by atoms with Gasteiger partial charge in [-0.1, -0.05) is 12.2 Å². The Balaban J connectivity index is 0.000000127. The third-order valence-corrected chi connectivity index (χ3v) is 0.988. The summed E-state index contributed by atoms with van der Waals surface area (Å²) in [7, 11) is 0. The molecular weight excluding hydrogens is 154 g/mol. The summed E-state index contributed by atoms with van der Waals surface area (Å²) in [5, 5.41) is 15.0. The average Bonchev–Trinajstić information content (AvgIpc) is 2.54. The molecule has 0 aromatic carbocycles. The van der Waals surface area contributed by atoms with E-state index in [0.29, 0.717) is 0 Å². The molecule has 1 aromatic rings. The van der Waals surface area contributed by atoms with Crippen LogP contribution in [0.3, 0.4) is 0 Å². The van der Waals surface area contributed by atoms with E-state index in [1.54, 1.807) is 0 Å². The van der Waals surface area contributed by atoms with Gasteiger partial charge in [-0.3, -0.25) is 0 Å². The minimum Gasteiger partial charge on any atom is -0.368 e. The summed E-state index contributed by atoms with van der Waals surface area (Å²) in [4.78, 5) is 0. The van der Waals surface area contributed by atoms with E-state index in [-0.39, 0.29) is 0 Å². The lowest BCUT2D eigenvalue weighted by Gasteiger charge is -1.79. The molecule has 0 spiro atoms. The van der Waals surface area contributed by atoms with Crippen molar-refractivity contribution in [2.45, 2.75) is 0 Å². The highest BCUT2D eigenvalue weighted by molar-refractivity contribution is 5.14. The number of nitrogens with one attached hydrogen (secondary N) is 2. The SMILES string of the molecule is C1=CC=CNC=C1.c1nnn[nH]1. The Bertz CT molecular complexity index is 228. The molecule has 1 aliphatic heterocycles. The van der Waals surface area contributed by atoms with Gasteiger partial charge >= 0.3 is 0 Å². The molecule has 0 atom stereocenters. The van der Waals surface area contributed by atoms with Gasteiger partial charge in [0.2, 0.25) is 0 Å². The van der Waals surface area contributed by atoms with Crippen molar-refractivity contribution in [3.8, 4) is 0 Å². The second kappa shape index (κ2) is 5.84. The first-order chi connectivity index (χ1) is 6.00. The van der Waals surface area contributed by atoms with Crippen molar-refractivity contribution in [3.05, 3.63) is 43.0 Å². The number of aromatic amines is 1. The van der Waals surface area contributed by atoms with Gasteiger partial charge in [-0.25, -0.2) is 5.10 Å². The monoisotopic (exact) mass is 163 g/mol. The first-order valence-electron chi connectivity index (χ1n) is 3.41. The highest BCUT2D eigenvalue weighted by Gasteiger charge is 1.67. The zero-order chi connectivity index (χ0) is 8.49. The van der Waals surface area contributed by atoms with Gasteiger partial charge in [0.1, 0.15) is 6.33 Å². The number of hydrogen-bond acceptors (Lipinski definition) is 4. The number of hydrogen-bond donors (Lipinski definition) is 2. The molecule has 0 saturated heterocycles. The third kappa shape index (κ3) is 3.99. The summed E-state index contributed by atoms with van der Waals surface area (Å²) < 4.78 is 0. The van der Waals surface area contributed by atoms with Crippen molar-refractivity contribution < 1.29 is 0 Å². The molecule has 2 N–H and O–H groups in total. The minimum absolute atomic E-state index is 1.40. The molecule has 62 valence electrons. The van der Waals surface area contributed by atoms with Crippen LogP contribution in [0.25, 0.3) is 0 Å². The topological polar surface area (TPSA) is 66.5 Å². The molecular formula is C7H9N5. The Labute approximate surface area is 69.9 Å². The van der Waals surface area contributed by atoms with E-state index >= 15 is 0 Å². The van der Waals surface area contributed by atoms with Crippen LogP contribution >= 0.6 is 0 Å². The Morgan fingerprint density at radius 1 is 0.917 bits per heavy atom. The predicted molar refractivity (Wildman–Crippen MR) is 44.7 cm³/mol. The van der Waals surface area contributed by atoms with Crippen LogP contribution in [0.1, 0.15) is 0 Å². The highest BCUT2D eigenvalue weighted by Crippen LogP contribution is 1.81. The summed E-state index contributed by atoms with van der Waals surface area (Å²) in [5.74, 6) is 0.